The van der Waals surface area contributed by atoms with Crippen LogP contribution in [0.15, 0.2) is 29.5 Å². The van der Waals surface area contributed by atoms with E-state index in [1.165, 1.54) is 12.8 Å². The third kappa shape index (κ3) is 2.66. The summed E-state index contributed by atoms with van der Waals surface area (Å²) in [6.45, 7) is 3.00. The van der Waals surface area contributed by atoms with Crippen molar-refractivity contribution in [3.8, 4) is 0 Å². The summed E-state index contributed by atoms with van der Waals surface area (Å²) in [7, 11) is 0. The van der Waals surface area contributed by atoms with E-state index in [-0.39, 0.29) is 0 Å². The Balaban J connectivity index is 1.84. The van der Waals surface area contributed by atoms with Crippen molar-refractivity contribution in [2.24, 2.45) is 22.6 Å². The van der Waals surface area contributed by atoms with Gasteiger partial charge in [0, 0.05) is 24.9 Å². The van der Waals surface area contributed by atoms with Crippen LogP contribution in [-0.2, 0) is 0 Å². The second-order valence-electron chi connectivity index (χ2n) is 5.13. The first-order valence-corrected chi connectivity index (χ1v) is 6.85. The van der Waals surface area contributed by atoms with Gasteiger partial charge < -0.3 is 11.1 Å². The standard InChI is InChI=1S/C14H19N5/c15-13-12(14-17-4-1-5-18-14)8-11(9-19-13)10-2-6-16-7-3-10/h1,4-5,8,10-11,16H,2-3,6-7,9H2,(H2,15,19). The van der Waals surface area contributed by atoms with Crippen molar-refractivity contribution in [3.05, 3.63) is 30.4 Å². The zero-order chi connectivity index (χ0) is 13.1. The monoisotopic (exact) mass is 257 g/mol. The first kappa shape index (κ1) is 12.3. The number of nitrogens with two attached hydrogens (primary N) is 1. The minimum atomic E-state index is 0.466. The van der Waals surface area contributed by atoms with Crippen LogP contribution in [-0.4, -0.2) is 35.4 Å². The lowest BCUT2D eigenvalue weighted by atomic mass is 9.82. The molecule has 19 heavy (non-hydrogen) atoms. The molecule has 0 saturated carbocycles. The molecular weight excluding hydrogens is 238 g/mol. The molecule has 0 bridgehead atoms. The molecule has 1 saturated heterocycles. The zero-order valence-corrected chi connectivity index (χ0v) is 10.9. The van der Waals surface area contributed by atoms with Crippen LogP contribution in [0, 0.1) is 11.8 Å². The van der Waals surface area contributed by atoms with Crippen LogP contribution < -0.4 is 11.1 Å². The Labute approximate surface area is 113 Å². The van der Waals surface area contributed by atoms with E-state index in [1.54, 1.807) is 12.4 Å². The maximum Gasteiger partial charge on any atom is 0.162 e. The first-order chi connectivity index (χ1) is 9.34. The van der Waals surface area contributed by atoms with E-state index in [4.69, 9.17) is 5.73 Å². The first-order valence-electron chi connectivity index (χ1n) is 6.85. The molecule has 0 amide bonds. The quantitative estimate of drug-likeness (QED) is 0.823. The Morgan fingerprint density at radius 2 is 1.89 bits per heavy atom. The molecule has 1 aromatic heterocycles. The van der Waals surface area contributed by atoms with Gasteiger partial charge in [-0.15, -0.1) is 0 Å². The van der Waals surface area contributed by atoms with E-state index >= 15 is 0 Å². The van der Waals surface area contributed by atoms with Gasteiger partial charge >= 0.3 is 0 Å². The number of aromatic nitrogens is 2. The largest absolute Gasteiger partial charge is 0.383 e. The van der Waals surface area contributed by atoms with Gasteiger partial charge in [0.2, 0.25) is 0 Å². The summed E-state index contributed by atoms with van der Waals surface area (Å²) >= 11 is 0. The minimum absolute atomic E-state index is 0.466. The molecule has 0 spiro atoms. The molecule has 0 aliphatic carbocycles. The van der Waals surface area contributed by atoms with Crippen LogP contribution >= 0.6 is 0 Å². The van der Waals surface area contributed by atoms with Crippen molar-refractivity contribution >= 4 is 11.4 Å². The molecule has 5 heteroatoms. The lowest BCUT2D eigenvalue weighted by molar-refractivity contribution is 0.303. The summed E-state index contributed by atoms with van der Waals surface area (Å²) in [5.74, 6) is 2.41. The fourth-order valence-electron chi connectivity index (χ4n) is 2.83. The molecule has 100 valence electrons. The van der Waals surface area contributed by atoms with Crippen LogP contribution in [0.5, 0.6) is 0 Å². The second-order valence-corrected chi connectivity index (χ2v) is 5.13. The number of amidine groups is 1. The average molecular weight is 257 g/mol. The lowest BCUT2D eigenvalue weighted by Crippen LogP contribution is -2.34. The summed E-state index contributed by atoms with van der Waals surface area (Å²) in [6.07, 6.45) is 8.13. The zero-order valence-electron chi connectivity index (χ0n) is 10.9. The fourth-order valence-corrected chi connectivity index (χ4v) is 2.83. The molecule has 2 aliphatic rings. The van der Waals surface area contributed by atoms with Crippen molar-refractivity contribution in [3.63, 3.8) is 0 Å². The van der Waals surface area contributed by atoms with Crippen LogP contribution in [0.1, 0.15) is 18.7 Å². The Morgan fingerprint density at radius 3 is 2.63 bits per heavy atom. The number of hydrogen-bond donors (Lipinski definition) is 2. The summed E-state index contributed by atoms with van der Waals surface area (Å²) < 4.78 is 0. The minimum Gasteiger partial charge on any atom is -0.383 e. The average Bonchev–Trinajstić information content (AvgIpc) is 2.49. The van der Waals surface area contributed by atoms with Gasteiger partial charge in [-0.05, 0) is 37.9 Å². The van der Waals surface area contributed by atoms with E-state index in [9.17, 15) is 0 Å². The van der Waals surface area contributed by atoms with E-state index in [0.717, 1.165) is 25.2 Å². The van der Waals surface area contributed by atoms with E-state index < -0.39 is 0 Å². The van der Waals surface area contributed by atoms with Crippen molar-refractivity contribution < 1.29 is 0 Å². The molecule has 3 rings (SSSR count). The van der Waals surface area contributed by atoms with Crippen LogP contribution in [0.4, 0.5) is 0 Å². The molecule has 0 radical (unpaired) electrons. The maximum absolute atomic E-state index is 5.99. The number of piperidine rings is 1. The van der Waals surface area contributed by atoms with Gasteiger partial charge in [-0.2, -0.15) is 0 Å². The topological polar surface area (TPSA) is 76.2 Å². The molecule has 1 aromatic rings. The predicted octanol–water partition coefficient (Wildman–Crippen LogP) is 0.847. The van der Waals surface area contributed by atoms with E-state index in [1.807, 2.05) is 6.07 Å². The summed E-state index contributed by atoms with van der Waals surface area (Å²) in [4.78, 5) is 13.0. The Kier molecular flexibility index (Phi) is 3.55. The highest BCUT2D eigenvalue weighted by Gasteiger charge is 2.26. The molecule has 3 N–H and O–H groups in total. The highest BCUT2D eigenvalue weighted by molar-refractivity contribution is 6.21. The normalized spacial score (nSPS) is 24.7. The van der Waals surface area contributed by atoms with Gasteiger partial charge in [-0.25, -0.2) is 9.97 Å². The lowest BCUT2D eigenvalue weighted by Gasteiger charge is -2.30. The molecule has 1 unspecified atom stereocenters. The Morgan fingerprint density at radius 1 is 1.16 bits per heavy atom. The molecular formula is C14H19N5. The van der Waals surface area contributed by atoms with E-state index in [0.29, 0.717) is 23.5 Å². The smallest absolute Gasteiger partial charge is 0.162 e. The summed E-state index contributed by atoms with van der Waals surface area (Å²) in [6, 6.07) is 1.81. The van der Waals surface area contributed by atoms with Gasteiger partial charge in [-0.1, -0.05) is 6.08 Å². The number of nitrogens with zero attached hydrogens (tertiary/aromatic N) is 3. The maximum atomic E-state index is 5.99. The van der Waals surface area contributed by atoms with Crippen molar-refractivity contribution in [1.29, 1.82) is 0 Å². The summed E-state index contributed by atoms with van der Waals surface area (Å²) in [5.41, 5.74) is 6.89. The van der Waals surface area contributed by atoms with Gasteiger partial charge in [0.25, 0.3) is 0 Å². The molecule has 0 aromatic carbocycles. The van der Waals surface area contributed by atoms with Crippen molar-refractivity contribution in [2.45, 2.75) is 12.8 Å². The Bertz CT molecular complexity index is 488. The fraction of sp³-hybridized carbons (Fsp3) is 0.500. The van der Waals surface area contributed by atoms with Gasteiger partial charge in [0.15, 0.2) is 5.82 Å². The van der Waals surface area contributed by atoms with Gasteiger partial charge in [0.05, 0.1) is 5.57 Å². The predicted molar refractivity (Wildman–Crippen MR) is 75.6 cm³/mol. The molecule has 3 heterocycles. The summed E-state index contributed by atoms with van der Waals surface area (Å²) in [5, 5.41) is 3.40. The van der Waals surface area contributed by atoms with Crippen LogP contribution in [0.2, 0.25) is 0 Å². The van der Waals surface area contributed by atoms with Gasteiger partial charge in [-0.3, -0.25) is 4.99 Å². The highest BCUT2D eigenvalue weighted by Crippen LogP contribution is 2.28. The number of hydrogen-bond acceptors (Lipinski definition) is 5. The van der Waals surface area contributed by atoms with Crippen molar-refractivity contribution in [1.82, 2.24) is 15.3 Å². The molecule has 1 fully saturated rings. The van der Waals surface area contributed by atoms with Crippen LogP contribution in [0.25, 0.3) is 5.57 Å². The van der Waals surface area contributed by atoms with Gasteiger partial charge in [0.1, 0.15) is 5.84 Å². The van der Waals surface area contributed by atoms with E-state index in [2.05, 4.69) is 26.4 Å². The molecule has 2 aliphatic heterocycles. The van der Waals surface area contributed by atoms with Crippen LogP contribution in [0.3, 0.4) is 0 Å². The number of nitrogens with one attached hydrogen (secondary N) is 1. The molecule has 5 nitrogen and oxygen atoms in total. The number of dihydropyridines is 1. The molecule has 1 atom stereocenters. The third-order valence-electron chi connectivity index (χ3n) is 3.93. The SMILES string of the molecule is NC1=NCC(C2CCNCC2)C=C1c1ncccn1. The van der Waals surface area contributed by atoms with Crippen molar-refractivity contribution in [2.75, 3.05) is 19.6 Å². The second kappa shape index (κ2) is 5.48. The third-order valence-corrected chi connectivity index (χ3v) is 3.93. The highest BCUT2D eigenvalue weighted by atomic mass is 14.9. The Hall–Kier alpha value is -1.75. The number of aliphatic imine (C=N–C) groups is 1. The number of rotatable bonds is 2.